The number of carbonyl (C=O) groups excluding carboxylic acids is 1. The van der Waals surface area contributed by atoms with E-state index in [2.05, 4.69) is 4.98 Å². The van der Waals surface area contributed by atoms with Gasteiger partial charge in [-0.05, 0) is 6.92 Å². The molecule has 1 unspecified atom stereocenters. The van der Waals surface area contributed by atoms with Crippen LogP contribution in [-0.4, -0.2) is 47.5 Å². The molecule has 2 rings (SSSR count). The molecule has 0 spiro atoms. The normalized spacial score (nSPS) is 21.1. The average Bonchev–Trinajstić information content (AvgIpc) is 2.75. The van der Waals surface area contributed by atoms with E-state index >= 15 is 0 Å². The summed E-state index contributed by atoms with van der Waals surface area (Å²) in [6, 6.07) is 0. The van der Waals surface area contributed by atoms with E-state index in [4.69, 9.17) is 16.3 Å². The number of aromatic nitrogens is 1. The lowest BCUT2D eigenvalue weighted by atomic mass is 10.3. The second kappa shape index (κ2) is 5.12. The van der Waals surface area contributed by atoms with Gasteiger partial charge in [-0.1, -0.05) is 0 Å². The molecule has 1 fully saturated rings. The number of carbonyl (C=O) groups is 1. The number of hydrogen-bond donors (Lipinski definition) is 0. The van der Waals surface area contributed by atoms with Gasteiger partial charge in [-0.15, -0.1) is 22.9 Å². The smallest absolute Gasteiger partial charge is 0.265 e. The summed E-state index contributed by atoms with van der Waals surface area (Å²) in [6.45, 7) is 3.64. The highest BCUT2D eigenvalue weighted by Gasteiger charge is 2.25. The van der Waals surface area contributed by atoms with Crippen LogP contribution in [0.5, 0.6) is 0 Å². The molecule has 16 heavy (non-hydrogen) atoms. The molecule has 2 heterocycles. The second-order valence-electron chi connectivity index (χ2n) is 3.64. The minimum absolute atomic E-state index is 0.0315. The minimum Gasteiger partial charge on any atom is -0.373 e. The van der Waals surface area contributed by atoms with E-state index in [1.54, 1.807) is 11.1 Å². The first-order valence-corrected chi connectivity index (χ1v) is 6.45. The number of ether oxygens (including phenoxy) is 1. The molecule has 4 nitrogen and oxygen atoms in total. The van der Waals surface area contributed by atoms with Crippen molar-refractivity contribution in [3.05, 3.63) is 16.1 Å². The van der Waals surface area contributed by atoms with E-state index in [9.17, 15) is 4.79 Å². The van der Waals surface area contributed by atoms with Gasteiger partial charge in [0.15, 0.2) is 0 Å². The zero-order valence-electron chi connectivity index (χ0n) is 8.98. The number of morpholine rings is 1. The van der Waals surface area contributed by atoms with Crippen molar-refractivity contribution in [2.45, 2.75) is 13.0 Å². The average molecular weight is 261 g/mol. The Bertz CT molecular complexity index is 383. The first kappa shape index (κ1) is 11.8. The van der Waals surface area contributed by atoms with Crippen LogP contribution in [-0.2, 0) is 4.74 Å². The van der Waals surface area contributed by atoms with E-state index in [1.165, 1.54) is 11.3 Å². The Hall–Kier alpha value is -0.650. The standard InChI is InChI=1S/C10H13ClN2O2S/c1-7-12-5-9(16-7)10(14)13-2-3-15-8(4-11)6-13/h5,8H,2-4,6H2,1H3. The third-order valence-electron chi connectivity index (χ3n) is 2.43. The van der Waals surface area contributed by atoms with Crippen molar-refractivity contribution in [1.29, 1.82) is 0 Å². The summed E-state index contributed by atoms with van der Waals surface area (Å²) >= 11 is 7.15. The van der Waals surface area contributed by atoms with Crippen molar-refractivity contribution >= 4 is 28.8 Å². The van der Waals surface area contributed by atoms with Crippen LogP contribution < -0.4 is 0 Å². The Balaban J connectivity index is 2.04. The van der Waals surface area contributed by atoms with Gasteiger partial charge in [0.25, 0.3) is 5.91 Å². The molecule has 0 saturated carbocycles. The maximum Gasteiger partial charge on any atom is 0.265 e. The van der Waals surface area contributed by atoms with Gasteiger partial charge in [0.05, 0.1) is 29.8 Å². The van der Waals surface area contributed by atoms with Crippen LogP contribution in [0.3, 0.4) is 0 Å². The zero-order valence-corrected chi connectivity index (χ0v) is 10.6. The van der Waals surface area contributed by atoms with Gasteiger partial charge in [0.1, 0.15) is 4.88 Å². The minimum atomic E-state index is -0.0478. The van der Waals surface area contributed by atoms with E-state index in [0.29, 0.717) is 30.5 Å². The fourth-order valence-corrected chi connectivity index (χ4v) is 2.55. The van der Waals surface area contributed by atoms with Crippen LogP contribution in [0.25, 0.3) is 0 Å². The molecule has 1 aliphatic heterocycles. The van der Waals surface area contributed by atoms with Crippen LogP contribution in [0.1, 0.15) is 14.7 Å². The summed E-state index contributed by atoms with van der Waals surface area (Å²) in [5, 5.41) is 0.908. The van der Waals surface area contributed by atoms with Crippen molar-refractivity contribution in [3.8, 4) is 0 Å². The topological polar surface area (TPSA) is 42.4 Å². The summed E-state index contributed by atoms with van der Waals surface area (Å²) in [7, 11) is 0. The fraction of sp³-hybridized carbons (Fsp3) is 0.600. The number of rotatable bonds is 2. The Kier molecular flexibility index (Phi) is 3.78. The number of alkyl halides is 1. The predicted molar refractivity (Wildman–Crippen MR) is 63.2 cm³/mol. The first-order chi connectivity index (χ1) is 7.70. The number of nitrogens with zero attached hydrogens (tertiary/aromatic N) is 2. The highest BCUT2D eigenvalue weighted by atomic mass is 35.5. The molecule has 1 aromatic heterocycles. The van der Waals surface area contributed by atoms with Crippen molar-refractivity contribution in [3.63, 3.8) is 0 Å². The molecule has 0 radical (unpaired) electrons. The van der Waals surface area contributed by atoms with Gasteiger partial charge >= 0.3 is 0 Å². The second-order valence-corrected chi connectivity index (χ2v) is 5.19. The van der Waals surface area contributed by atoms with Crippen molar-refractivity contribution in [1.82, 2.24) is 9.88 Å². The van der Waals surface area contributed by atoms with E-state index in [0.717, 1.165) is 5.01 Å². The molecule has 0 aromatic carbocycles. The third-order valence-corrected chi connectivity index (χ3v) is 3.68. The lowest BCUT2D eigenvalue weighted by molar-refractivity contribution is -0.0106. The van der Waals surface area contributed by atoms with Gasteiger partial charge in [0, 0.05) is 13.1 Å². The molecular formula is C10H13ClN2O2S. The van der Waals surface area contributed by atoms with Crippen LogP contribution in [0.2, 0.25) is 0 Å². The summed E-state index contributed by atoms with van der Waals surface area (Å²) in [5.74, 6) is 0.454. The summed E-state index contributed by atoms with van der Waals surface area (Å²) < 4.78 is 5.41. The molecule has 0 N–H and O–H groups in total. The van der Waals surface area contributed by atoms with E-state index in [-0.39, 0.29) is 12.0 Å². The summed E-state index contributed by atoms with van der Waals surface area (Å²) in [5.41, 5.74) is 0. The molecule has 1 aromatic rings. The molecule has 1 atom stereocenters. The largest absolute Gasteiger partial charge is 0.373 e. The quantitative estimate of drug-likeness (QED) is 0.758. The van der Waals surface area contributed by atoms with Crippen LogP contribution in [0.4, 0.5) is 0 Å². The summed E-state index contributed by atoms with van der Waals surface area (Å²) in [4.78, 5) is 18.6. The maximum atomic E-state index is 12.1. The van der Waals surface area contributed by atoms with Gasteiger partial charge in [-0.25, -0.2) is 4.98 Å². The molecule has 1 aliphatic rings. The lowest BCUT2D eigenvalue weighted by Crippen LogP contribution is -2.46. The van der Waals surface area contributed by atoms with Crippen molar-refractivity contribution in [2.75, 3.05) is 25.6 Å². The lowest BCUT2D eigenvalue weighted by Gasteiger charge is -2.31. The predicted octanol–water partition coefficient (Wildman–Crippen LogP) is 1.53. The van der Waals surface area contributed by atoms with Gasteiger partial charge in [-0.2, -0.15) is 0 Å². The molecule has 0 bridgehead atoms. The van der Waals surface area contributed by atoms with Crippen LogP contribution in [0.15, 0.2) is 6.20 Å². The van der Waals surface area contributed by atoms with Crippen molar-refractivity contribution < 1.29 is 9.53 Å². The van der Waals surface area contributed by atoms with Crippen LogP contribution in [0, 0.1) is 6.92 Å². The molecule has 1 amide bonds. The highest BCUT2D eigenvalue weighted by molar-refractivity contribution is 7.13. The first-order valence-electron chi connectivity index (χ1n) is 5.10. The number of amides is 1. The molecule has 6 heteroatoms. The van der Waals surface area contributed by atoms with Crippen molar-refractivity contribution in [2.24, 2.45) is 0 Å². The van der Waals surface area contributed by atoms with E-state index in [1.807, 2.05) is 6.92 Å². The van der Waals surface area contributed by atoms with Gasteiger partial charge in [0.2, 0.25) is 0 Å². The molecule has 88 valence electrons. The van der Waals surface area contributed by atoms with Crippen LogP contribution >= 0.6 is 22.9 Å². The number of thiazole rings is 1. The van der Waals surface area contributed by atoms with Gasteiger partial charge < -0.3 is 9.64 Å². The molecule has 0 aliphatic carbocycles. The Morgan fingerprint density at radius 2 is 2.62 bits per heavy atom. The summed E-state index contributed by atoms with van der Waals surface area (Å²) in [6.07, 6.45) is 1.58. The monoisotopic (exact) mass is 260 g/mol. The fourth-order valence-electron chi connectivity index (χ4n) is 1.61. The molecule has 1 saturated heterocycles. The van der Waals surface area contributed by atoms with Gasteiger partial charge in [-0.3, -0.25) is 4.79 Å². The number of hydrogen-bond acceptors (Lipinski definition) is 4. The SMILES string of the molecule is Cc1ncc(C(=O)N2CCOC(CCl)C2)s1. The zero-order chi connectivity index (χ0) is 11.5. The Morgan fingerprint density at radius 1 is 1.81 bits per heavy atom. The number of aryl methyl sites for hydroxylation is 1. The highest BCUT2D eigenvalue weighted by Crippen LogP contribution is 2.16. The maximum absolute atomic E-state index is 12.1. The Morgan fingerprint density at radius 3 is 3.25 bits per heavy atom. The third kappa shape index (κ3) is 2.53. The Labute approximate surface area is 103 Å². The number of halogens is 1. The molecular weight excluding hydrogens is 248 g/mol. The van der Waals surface area contributed by atoms with E-state index < -0.39 is 0 Å².